The van der Waals surface area contributed by atoms with Crippen molar-refractivity contribution in [1.82, 2.24) is 9.29 Å². The van der Waals surface area contributed by atoms with Gasteiger partial charge in [-0.1, -0.05) is 12.1 Å². The molecule has 0 fully saturated rings. The summed E-state index contributed by atoms with van der Waals surface area (Å²) in [5.41, 5.74) is 2.03. The van der Waals surface area contributed by atoms with Crippen molar-refractivity contribution in [1.29, 1.82) is 0 Å². The molecule has 2 rings (SSSR count). The highest BCUT2D eigenvalue weighted by Gasteiger charge is 2.22. The summed E-state index contributed by atoms with van der Waals surface area (Å²) < 4.78 is 27.2. The molecule has 1 aromatic heterocycles. The second-order valence-electron chi connectivity index (χ2n) is 5.93. The highest BCUT2D eigenvalue weighted by atomic mass is 79.9. The fourth-order valence-corrected chi connectivity index (χ4v) is 3.95. The van der Waals surface area contributed by atoms with Gasteiger partial charge in [-0.3, -0.25) is 0 Å². The van der Waals surface area contributed by atoms with Gasteiger partial charge in [-0.15, -0.1) is 0 Å². The SMILES string of the molecule is Cc1cc(Br)cnc1NCc1ccc(S(=O)(=O)N(C)C(C)C)cc1. The maximum Gasteiger partial charge on any atom is 0.243 e. The number of hydrogen-bond acceptors (Lipinski definition) is 4. The first-order chi connectivity index (χ1) is 11.2. The summed E-state index contributed by atoms with van der Waals surface area (Å²) in [5, 5.41) is 3.26. The summed E-state index contributed by atoms with van der Waals surface area (Å²) in [6.45, 7) is 6.26. The third kappa shape index (κ3) is 4.34. The number of halogens is 1. The Hall–Kier alpha value is -1.44. The van der Waals surface area contributed by atoms with Crippen molar-refractivity contribution in [3.63, 3.8) is 0 Å². The lowest BCUT2D eigenvalue weighted by atomic mass is 10.2. The van der Waals surface area contributed by atoms with Crippen molar-refractivity contribution >= 4 is 31.8 Å². The number of nitrogens with one attached hydrogen (secondary N) is 1. The van der Waals surface area contributed by atoms with Gasteiger partial charge >= 0.3 is 0 Å². The molecule has 0 aliphatic heterocycles. The Kier molecular flexibility index (Phi) is 6.01. The monoisotopic (exact) mass is 411 g/mol. The van der Waals surface area contributed by atoms with Gasteiger partial charge in [-0.2, -0.15) is 4.31 Å². The fourth-order valence-electron chi connectivity index (χ4n) is 2.13. The normalized spacial score (nSPS) is 12.0. The molecule has 0 saturated heterocycles. The maximum absolute atomic E-state index is 12.4. The zero-order chi connectivity index (χ0) is 17.9. The topological polar surface area (TPSA) is 62.3 Å². The molecule has 0 unspecified atom stereocenters. The number of aromatic nitrogens is 1. The largest absolute Gasteiger partial charge is 0.366 e. The van der Waals surface area contributed by atoms with Gasteiger partial charge in [-0.25, -0.2) is 13.4 Å². The van der Waals surface area contributed by atoms with E-state index < -0.39 is 10.0 Å². The van der Waals surface area contributed by atoms with E-state index in [9.17, 15) is 8.42 Å². The molecule has 0 bridgehead atoms. The van der Waals surface area contributed by atoms with Crippen LogP contribution in [-0.2, 0) is 16.6 Å². The number of benzene rings is 1. The average molecular weight is 412 g/mol. The number of anilines is 1. The molecule has 1 N–H and O–H groups in total. The summed E-state index contributed by atoms with van der Waals surface area (Å²) in [6.07, 6.45) is 1.74. The van der Waals surface area contributed by atoms with Crippen molar-refractivity contribution < 1.29 is 8.42 Å². The minimum atomic E-state index is -3.44. The van der Waals surface area contributed by atoms with Crippen LogP contribution < -0.4 is 5.32 Å². The molecule has 1 heterocycles. The molecule has 130 valence electrons. The van der Waals surface area contributed by atoms with E-state index in [0.29, 0.717) is 11.4 Å². The van der Waals surface area contributed by atoms with Gasteiger partial charge in [0.25, 0.3) is 0 Å². The number of pyridine rings is 1. The average Bonchev–Trinajstić information content (AvgIpc) is 2.53. The van der Waals surface area contributed by atoms with Gasteiger partial charge < -0.3 is 5.32 Å². The zero-order valence-corrected chi connectivity index (χ0v) is 16.6. The first-order valence-electron chi connectivity index (χ1n) is 7.65. The second-order valence-corrected chi connectivity index (χ2v) is 8.84. The van der Waals surface area contributed by atoms with Crippen LogP contribution in [0.15, 0.2) is 45.9 Å². The molecule has 0 atom stereocenters. The molecule has 0 radical (unpaired) electrons. The molecule has 5 nitrogen and oxygen atoms in total. The predicted octanol–water partition coefficient (Wildman–Crippen LogP) is 3.79. The summed E-state index contributed by atoms with van der Waals surface area (Å²) in [6, 6.07) is 8.85. The maximum atomic E-state index is 12.4. The van der Waals surface area contributed by atoms with E-state index in [1.165, 1.54) is 4.31 Å². The van der Waals surface area contributed by atoms with Crippen LogP contribution in [0.25, 0.3) is 0 Å². The van der Waals surface area contributed by atoms with Crippen molar-refractivity contribution in [3.8, 4) is 0 Å². The van der Waals surface area contributed by atoms with Gasteiger partial charge in [0.2, 0.25) is 10.0 Å². The summed E-state index contributed by atoms with van der Waals surface area (Å²) in [5.74, 6) is 0.814. The van der Waals surface area contributed by atoms with Gasteiger partial charge in [0.1, 0.15) is 5.82 Å². The molecular formula is C17H22BrN3O2S. The van der Waals surface area contributed by atoms with E-state index in [2.05, 4.69) is 26.2 Å². The predicted molar refractivity (Wildman–Crippen MR) is 101 cm³/mol. The number of sulfonamides is 1. The van der Waals surface area contributed by atoms with Crippen LogP contribution in [0.2, 0.25) is 0 Å². The number of aryl methyl sites for hydroxylation is 1. The van der Waals surface area contributed by atoms with Crippen LogP contribution in [-0.4, -0.2) is 30.8 Å². The van der Waals surface area contributed by atoms with Crippen LogP contribution in [0.5, 0.6) is 0 Å². The van der Waals surface area contributed by atoms with Crippen molar-refractivity contribution in [2.45, 2.75) is 38.3 Å². The van der Waals surface area contributed by atoms with Crippen molar-refractivity contribution in [2.24, 2.45) is 0 Å². The Morgan fingerprint density at radius 1 is 1.25 bits per heavy atom. The zero-order valence-electron chi connectivity index (χ0n) is 14.2. The van der Waals surface area contributed by atoms with Crippen molar-refractivity contribution in [2.75, 3.05) is 12.4 Å². The third-order valence-corrected chi connectivity index (χ3v) is 6.31. The van der Waals surface area contributed by atoms with Crippen LogP contribution >= 0.6 is 15.9 Å². The van der Waals surface area contributed by atoms with E-state index >= 15 is 0 Å². The fraction of sp³-hybridized carbons (Fsp3) is 0.353. The summed E-state index contributed by atoms with van der Waals surface area (Å²) in [4.78, 5) is 4.64. The molecule has 0 spiro atoms. The Morgan fingerprint density at radius 3 is 2.42 bits per heavy atom. The lowest BCUT2D eigenvalue weighted by Crippen LogP contribution is -2.33. The third-order valence-electron chi connectivity index (χ3n) is 3.83. The smallest absolute Gasteiger partial charge is 0.243 e. The lowest BCUT2D eigenvalue weighted by Gasteiger charge is -2.21. The van der Waals surface area contributed by atoms with E-state index in [1.807, 2.05) is 39.0 Å². The number of nitrogens with zero attached hydrogens (tertiary/aromatic N) is 2. The Bertz CT molecular complexity index is 805. The first kappa shape index (κ1) is 18.9. The van der Waals surface area contributed by atoms with Crippen molar-refractivity contribution in [3.05, 3.63) is 52.1 Å². The molecule has 0 aliphatic carbocycles. The van der Waals surface area contributed by atoms with Crippen LogP contribution in [0.3, 0.4) is 0 Å². The summed E-state index contributed by atoms with van der Waals surface area (Å²) >= 11 is 3.39. The van der Waals surface area contributed by atoms with E-state index in [1.54, 1.807) is 25.4 Å². The molecule has 24 heavy (non-hydrogen) atoms. The number of hydrogen-bond donors (Lipinski definition) is 1. The standard InChI is InChI=1S/C17H22BrN3O2S/c1-12(2)21(4)24(22,23)16-7-5-14(6-8-16)10-19-17-13(3)9-15(18)11-20-17/h5-9,11-12H,10H2,1-4H3,(H,19,20). The lowest BCUT2D eigenvalue weighted by molar-refractivity contribution is 0.410. The molecule has 0 saturated carbocycles. The van der Waals surface area contributed by atoms with E-state index in [0.717, 1.165) is 21.4 Å². The highest BCUT2D eigenvalue weighted by Crippen LogP contribution is 2.19. The van der Waals surface area contributed by atoms with Gasteiger partial charge in [0.05, 0.1) is 4.90 Å². The minimum absolute atomic E-state index is 0.0807. The first-order valence-corrected chi connectivity index (χ1v) is 9.88. The van der Waals surface area contributed by atoms with Gasteiger partial charge in [0, 0.05) is 30.3 Å². The second kappa shape index (κ2) is 7.63. The Balaban J connectivity index is 2.10. The quantitative estimate of drug-likeness (QED) is 0.784. The Morgan fingerprint density at radius 2 is 1.88 bits per heavy atom. The molecule has 1 aromatic carbocycles. The highest BCUT2D eigenvalue weighted by molar-refractivity contribution is 9.10. The molecule has 2 aromatic rings. The van der Waals surface area contributed by atoms with Gasteiger partial charge in [-0.05, 0) is 66.0 Å². The van der Waals surface area contributed by atoms with E-state index in [-0.39, 0.29) is 6.04 Å². The Labute approximate surface area is 152 Å². The summed E-state index contributed by atoms with van der Waals surface area (Å²) in [7, 11) is -1.84. The molecule has 0 amide bonds. The van der Waals surface area contributed by atoms with Crippen LogP contribution in [0.1, 0.15) is 25.0 Å². The van der Waals surface area contributed by atoms with Crippen LogP contribution in [0.4, 0.5) is 5.82 Å². The molecular weight excluding hydrogens is 390 g/mol. The van der Waals surface area contributed by atoms with E-state index in [4.69, 9.17) is 0 Å². The molecule has 7 heteroatoms. The molecule has 0 aliphatic rings. The van der Waals surface area contributed by atoms with Crippen LogP contribution in [0, 0.1) is 6.92 Å². The van der Waals surface area contributed by atoms with Gasteiger partial charge in [0.15, 0.2) is 0 Å². The number of rotatable bonds is 6. The minimum Gasteiger partial charge on any atom is -0.366 e.